The molecule has 0 bridgehead atoms. The number of aromatic nitrogens is 4. The lowest BCUT2D eigenvalue weighted by Gasteiger charge is -2.07. The summed E-state index contributed by atoms with van der Waals surface area (Å²) in [7, 11) is 1.92. The first-order valence-electron chi connectivity index (χ1n) is 3.76. The smallest absolute Gasteiger partial charge is 0.178 e. The summed E-state index contributed by atoms with van der Waals surface area (Å²) in [6.45, 7) is 3.01. The number of hydrogen-bond donors (Lipinski definition) is 2. The summed E-state index contributed by atoms with van der Waals surface area (Å²) >= 11 is 0. The molecule has 0 aliphatic heterocycles. The van der Waals surface area contributed by atoms with Crippen molar-refractivity contribution in [1.29, 1.82) is 0 Å². The van der Waals surface area contributed by atoms with E-state index in [1.54, 1.807) is 0 Å². The Morgan fingerprint density at radius 2 is 2.45 bits per heavy atom. The van der Waals surface area contributed by atoms with Crippen LogP contribution < -0.4 is 5.32 Å². The van der Waals surface area contributed by atoms with E-state index in [4.69, 9.17) is 0 Å². The maximum atomic E-state index is 3.92. The van der Waals surface area contributed by atoms with Gasteiger partial charge in [-0.15, -0.1) is 10.2 Å². The topological polar surface area (TPSA) is 66.5 Å². The molecule has 0 spiro atoms. The monoisotopic (exact) mass is 155 g/mol. The molecule has 0 aromatic carbocycles. The van der Waals surface area contributed by atoms with Gasteiger partial charge < -0.3 is 5.32 Å². The summed E-state index contributed by atoms with van der Waals surface area (Å²) in [6.07, 6.45) is 1.03. The van der Waals surface area contributed by atoms with Gasteiger partial charge in [-0.05, 0) is 13.5 Å². The largest absolute Gasteiger partial charge is 0.319 e. The van der Waals surface area contributed by atoms with E-state index < -0.39 is 0 Å². The van der Waals surface area contributed by atoms with Crippen molar-refractivity contribution in [3.63, 3.8) is 0 Å². The molecular weight excluding hydrogens is 142 g/mol. The molecule has 1 aromatic rings. The number of rotatable bonds is 4. The minimum Gasteiger partial charge on any atom is -0.319 e. The van der Waals surface area contributed by atoms with Crippen LogP contribution >= 0.6 is 0 Å². The van der Waals surface area contributed by atoms with Crippen LogP contribution in [0, 0.1) is 0 Å². The number of H-pyrrole nitrogens is 1. The van der Waals surface area contributed by atoms with Crippen LogP contribution in [0.1, 0.15) is 25.1 Å². The average molecular weight is 155 g/mol. The quantitative estimate of drug-likeness (QED) is 0.638. The van der Waals surface area contributed by atoms with Crippen LogP contribution in [0.25, 0.3) is 0 Å². The van der Waals surface area contributed by atoms with E-state index in [2.05, 4.69) is 32.9 Å². The predicted octanol–water partition coefficient (Wildman–Crippen LogP) is -0.0873. The molecule has 1 rings (SSSR count). The maximum absolute atomic E-state index is 3.92. The highest BCUT2D eigenvalue weighted by molar-refractivity contribution is 4.90. The molecule has 0 amide bonds. The summed E-state index contributed by atoms with van der Waals surface area (Å²) in [4.78, 5) is 0. The van der Waals surface area contributed by atoms with Gasteiger partial charge in [-0.3, -0.25) is 0 Å². The Morgan fingerprint density at radius 1 is 1.64 bits per heavy atom. The lowest BCUT2D eigenvalue weighted by molar-refractivity contribution is 0.581. The zero-order valence-corrected chi connectivity index (χ0v) is 6.83. The minimum atomic E-state index is 0.374. The second-order valence-corrected chi connectivity index (χ2v) is 2.43. The first-order valence-corrected chi connectivity index (χ1v) is 3.76. The third-order valence-corrected chi connectivity index (χ3v) is 1.67. The molecule has 5 nitrogen and oxygen atoms in total. The molecule has 0 radical (unpaired) electrons. The fraction of sp³-hybridized carbons (Fsp3) is 0.833. The first kappa shape index (κ1) is 8.13. The molecule has 0 aliphatic carbocycles. The van der Waals surface area contributed by atoms with Crippen LogP contribution in [-0.4, -0.2) is 34.2 Å². The van der Waals surface area contributed by atoms with Crippen molar-refractivity contribution in [2.24, 2.45) is 0 Å². The third-order valence-electron chi connectivity index (χ3n) is 1.67. The molecule has 0 saturated carbocycles. The number of nitrogens with one attached hydrogen (secondary N) is 2. The van der Waals surface area contributed by atoms with E-state index in [0.717, 1.165) is 18.8 Å². The number of hydrogen-bond acceptors (Lipinski definition) is 4. The Bertz CT molecular complexity index is 183. The highest BCUT2D eigenvalue weighted by atomic mass is 15.5. The van der Waals surface area contributed by atoms with E-state index in [1.165, 1.54) is 0 Å². The fourth-order valence-corrected chi connectivity index (χ4v) is 1.01. The standard InChI is InChI=1S/C6H13N5/c1-3-5(4-7-2)6-8-10-11-9-6/h5,7H,3-4H2,1-2H3,(H,8,9,10,11). The molecule has 0 fully saturated rings. The zero-order chi connectivity index (χ0) is 8.10. The van der Waals surface area contributed by atoms with Crippen LogP contribution in [0.4, 0.5) is 0 Å². The Balaban J connectivity index is 2.56. The highest BCUT2D eigenvalue weighted by Crippen LogP contribution is 2.11. The fourth-order valence-electron chi connectivity index (χ4n) is 1.01. The van der Waals surface area contributed by atoms with Crippen molar-refractivity contribution < 1.29 is 0 Å². The van der Waals surface area contributed by atoms with Gasteiger partial charge in [0.2, 0.25) is 0 Å². The van der Waals surface area contributed by atoms with E-state index in [1.807, 2.05) is 7.05 Å². The van der Waals surface area contributed by atoms with E-state index in [9.17, 15) is 0 Å². The van der Waals surface area contributed by atoms with Gasteiger partial charge in [0.1, 0.15) is 0 Å². The second-order valence-electron chi connectivity index (χ2n) is 2.43. The highest BCUT2D eigenvalue weighted by Gasteiger charge is 2.11. The van der Waals surface area contributed by atoms with Gasteiger partial charge in [-0.2, -0.15) is 5.21 Å². The lowest BCUT2D eigenvalue weighted by Crippen LogP contribution is -2.17. The van der Waals surface area contributed by atoms with Crippen molar-refractivity contribution in [3.05, 3.63) is 5.82 Å². The molecule has 1 atom stereocenters. The van der Waals surface area contributed by atoms with Crippen molar-refractivity contribution in [1.82, 2.24) is 25.9 Å². The first-order chi connectivity index (χ1) is 5.38. The number of tetrazole rings is 1. The summed E-state index contributed by atoms with van der Waals surface area (Å²) in [5.74, 6) is 1.17. The molecule has 0 saturated heterocycles. The molecule has 1 unspecified atom stereocenters. The molecule has 1 heterocycles. The summed E-state index contributed by atoms with van der Waals surface area (Å²) < 4.78 is 0. The summed E-state index contributed by atoms with van der Waals surface area (Å²) in [6, 6.07) is 0. The molecule has 0 aliphatic rings. The third kappa shape index (κ3) is 1.98. The van der Waals surface area contributed by atoms with Crippen molar-refractivity contribution >= 4 is 0 Å². The van der Waals surface area contributed by atoms with Crippen LogP contribution in [-0.2, 0) is 0 Å². The van der Waals surface area contributed by atoms with E-state index in [0.29, 0.717) is 5.92 Å². The Kier molecular flexibility index (Phi) is 2.97. The van der Waals surface area contributed by atoms with Gasteiger partial charge >= 0.3 is 0 Å². The number of nitrogens with zero attached hydrogens (tertiary/aromatic N) is 3. The van der Waals surface area contributed by atoms with E-state index in [-0.39, 0.29) is 0 Å². The Labute approximate surface area is 65.6 Å². The van der Waals surface area contributed by atoms with Crippen LogP contribution in [0.2, 0.25) is 0 Å². The summed E-state index contributed by atoms with van der Waals surface area (Å²) in [5.41, 5.74) is 0. The molecule has 5 heteroatoms. The van der Waals surface area contributed by atoms with Gasteiger partial charge in [0.05, 0.1) is 0 Å². The SMILES string of the molecule is CCC(CNC)c1nn[nH]n1. The van der Waals surface area contributed by atoms with Crippen molar-refractivity contribution in [2.45, 2.75) is 19.3 Å². The van der Waals surface area contributed by atoms with Crippen LogP contribution in [0.5, 0.6) is 0 Å². The van der Waals surface area contributed by atoms with Gasteiger partial charge in [0, 0.05) is 12.5 Å². The van der Waals surface area contributed by atoms with Crippen molar-refractivity contribution in [3.8, 4) is 0 Å². The molecular formula is C6H13N5. The minimum absolute atomic E-state index is 0.374. The predicted molar refractivity (Wildman–Crippen MR) is 41.1 cm³/mol. The lowest BCUT2D eigenvalue weighted by atomic mass is 10.1. The van der Waals surface area contributed by atoms with Gasteiger partial charge in [0.15, 0.2) is 5.82 Å². The van der Waals surface area contributed by atoms with Gasteiger partial charge in [0.25, 0.3) is 0 Å². The summed E-state index contributed by atoms with van der Waals surface area (Å²) in [5, 5.41) is 16.9. The number of aromatic amines is 1. The zero-order valence-electron chi connectivity index (χ0n) is 6.83. The Morgan fingerprint density at radius 3 is 2.91 bits per heavy atom. The molecule has 62 valence electrons. The van der Waals surface area contributed by atoms with Crippen LogP contribution in [0.15, 0.2) is 0 Å². The number of likely N-dealkylation sites (N-methyl/N-ethyl adjacent to an activating group) is 1. The van der Waals surface area contributed by atoms with Crippen LogP contribution in [0.3, 0.4) is 0 Å². The molecule has 11 heavy (non-hydrogen) atoms. The van der Waals surface area contributed by atoms with Gasteiger partial charge in [-0.25, -0.2) is 0 Å². The average Bonchev–Trinajstić information content (AvgIpc) is 2.52. The normalized spacial score (nSPS) is 13.3. The molecule has 1 aromatic heterocycles. The molecule has 2 N–H and O–H groups in total. The Hall–Kier alpha value is -0.970. The maximum Gasteiger partial charge on any atom is 0.178 e. The van der Waals surface area contributed by atoms with Crippen molar-refractivity contribution in [2.75, 3.05) is 13.6 Å². The van der Waals surface area contributed by atoms with Gasteiger partial charge in [-0.1, -0.05) is 12.1 Å². The van der Waals surface area contributed by atoms with E-state index >= 15 is 0 Å². The second kappa shape index (κ2) is 4.02.